The lowest BCUT2D eigenvalue weighted by Gasteiger charge is -2.28. The van der Waals surface area contributed by atoms with Gasteiger partial charge in [-0.15, -0.1) is 0 Å². The molecule has 0 aromatic heterocycles. The van der Waals surface area contributed by atoms with Crippen LogP contribution in [-0.4, -0.2) is 32.1 Å². The number of hydrogen-bond acceptors (Lipinski definition) is 3. The van der Waals surface area contributed by atoms with Gasteiger partial charge in [0.25, 0.3) is 0 Å². The monoisotopic (exact) mass is 249 g/mol. The first-order valence-electron chi connectivity index (χ1n) is 5.92. The third kappa shape index (κ3) is 4.34. The SMILES string of the molecule is CN(C)CC(C)(C)CNc1ccc(C#N)c(F)c1. The van der Waals surface area contributed by atoms with Gasteiger partial charge < -0.3 is 10.2 Å². The zero-order valence-corrected chi connectivity index (χ0v) is 11.4. The molecule has 0 heterocycles. The van der Waals surface area contributed by atoms with Crippen molar-refractivity contribution in [2.75, 3.05) is 32.5 Å². The Balaban J connectivity index is 2.64. The molecular weight excluding hydrogens is 229 g/mol. The highest BCUT2D eigenvalue weighted by atomic mass is 19.1. The average molecular weight is 249 g/mol. The standard InChI is InChI=1S/C14H20FN3/c1-14(2,10-18(3)4)9-17-12-6-5-11(8-16)13(15)7-12/h5-7,17H,9-10H2,1-4H3. The van der Waals surface area contributed by atoms with Gasteiger partial charge in [-0.2, -0.15) is 5.26 Å². The molecule has 0 bridgehead atoms. The summed E-state index contributed by atoms with van der Waals surface area (Å²) in [7, 11) is 4.06. The molecule has 0 saturated carbocycles. The summed E-state index contributed by atoms with van der Waals surface area (Å²) in [5.74, 6) is -0.479. The molecule has 1 rings (SSSR count). The molecule has 1 N–H and O–H groups in total. The van der Waals surface area contributed by atoms with Crippen LogP contribution in [0.4, 0.5) is 10.1 Å². The second kappa shape index (κ2) is 5.83. The fourth-order valence-corrected chi connectivity index (χ4v) is 1.97. The minimum atomic E-state index is -0.479. The van der Waals surface area contributed by atoms with Gasteiger partial charge >= 0.3 is 0 Å². The van der Waals surface area contributed by atoms with Gasteiger partial charge in [0.1, 0.15) is 11.9 Å². The smallest absolute Gasteiger partial charge is 0.143 e. The summed E-state index contributed by atoms with van der Waals surface area (Å²) in [6.07, 6.45) is 0. The van der Waals surface area contributed by atoms with Gasteiger partial charge in [-0.05, 0) is 37.7 Å². The fraction of sp³-hybridized carbons (Fsp3) is 0.500. The maximum Gasteiger partial charge on any atom is 0.143 e. The predicted molar refractivity (Wildman–Crippen MR) is 71.9 cm³/mol. The topological polar surface area (TPSA) is 39.1 Å². The van der Waals surface area contributed by atoms with Crippen LogP contribution < -0.4 is 5.32 Å². The Bertz CT molecular complexity index is 447. The normalized spacial score (nSPS) is 11.4. The van der Waals surface area contributed by atoms with Gasteiger partial charge in [-0.25, -0.2) is 4.39 Å². The summed E-state index contributed by atoms with van der Waals surface area (Å²) in [6, 6.07) is 6.40. The van der Waals surface area contributed by atoms with Crippen LogP contribution in [0.15, 0.2) is 18.2 Å². The van der Waals surface area contributed by atoms with Crippen molar-refractivity contribution in [1.29, 1.82) is 5.26 Å². The van der Waals surface area contributed by atoms with Crippen molar-refractivity contribution in [2.24, 2.45) is 5.41 Å². The van der Waals surface area contributed by atoms with Gasteiger partial charge in [0.05, 0.1) is 5.56 Å². The highest BCUT2D eigenvalue weighted by Gasteiger charge is 2.18. The Kier molecular flexibility index (Phi) is 4.69. The molecule has 0 atom stereocenters. The first-order valence-corrected chi connectivity index (χ1v) is 5.92. The van der Waals surface area contributed by atoms with Crippen LogP contribution in [0.2, 0.25) is 0 Å². The lowest BCUT2D eigenvalue weighted by Crippen LogP contribution is -2.34. The molecule has 0 aliphatic carbocycles. The molecule has 0 radical (unpaired) electrons. The lowest BCUT2D eigenvalue weighted by molar-refractivity contribution is 0.254. The summed E-state index contributed by atoms with van der Waals surface area (Å²) in [6.45, 7) is 6.00. The maximum absolute atomic E-state index is 13.4. The van der Waals surface area contributed by atoms with Crippen LogP contribution >= 0.6 is 0 Å². The van der Waals surface area contributed by atoms with Crippen LogP contribution in [0.25, 0.3) is 0 Å². The molecule has 4 heteroatoms. The Morgan fingerprint density at radius 1 is 1.39 bits per heavy atom. The van der Waals surface area contributed by atoms with Gasteiger partial charge in [0, 0.05) is 18.8 Å². The first kappa shape index (κ1) is 14.5. The molecule has 0 saturated heterocycles. The van der Waals surface area contributed by atoms with Crippen molar-refractivity contribution in [3.8, 4) is 6.07 Å². The molecular formula is C14H20FN3. The van der Waals surface area contributed by atoms with E-state index in [1.54, 1.807) is 6.07 Å². The number of hydrogen-bond donors (Lipinski definition) is 1. The summed E-state index contributed by atoms with van der Waals surface area (Å²) in [5.41, 5.74) is 0.875. The van der Waals surface area contributed by atoms with E-state index in [0.717, 1.165) is 13.1 Å². The summed E-state index contributed by atoms with van der Waals surface area (Å²) in [5, 5.41) is 11.9. The van der Waals surface area contributed by atoms with Crippen molar-refractivity contribution < 1.29 is 4.39 Å². The van der Waals surface area contributed by atoms with Crippen molar-refractivity contribution in [3.05, 3.63) is 29.6 Å². The predicted octanol–water partition coefficient (Wildman–Crippen LogP) is 2.70. The highest BCUT2D eigenvalue weighted by molar-refractivity contribution is 5.48. The Hall–Kier alpha value is -1.60. The van der Waals surface area contributed by atoms with Crippen LogP contribution in [-0.2, 0) is 0 Å². The molecule has 1 aromatic carbocycles. The third-order valence-corrected chi connectivity index (χ3v) is 2.60. The largest absolute Gasteiger partial charge is 0.384 e. The molecule has 98 valence electrons. The Morgan fingerprint density at radius 2 is 2.06 bits per heavy atom. The summed E-state index contributed by atoms with van der Waals surface area (Å²) in [4.78, 5) is 2.13. The van der Waals surface area contributed by atoms with Gasteiger partial charge in [0.15, 0.2) is 0 Å². The van der Waals surface area contributed by atoms with E-state index in [1.807, 2.05) is 20.2 Å². The molecule has 18 heavy (non-hydrogen) atoms. The molecule has 3 nitrogen and oxygen atoms in total. The Morgan fingerprint density at radius 3 is 2.56 bits per heavy atom. The minimum Gasteiger partial charge on any atom is -0.384 e. The number of benzene rings is 1. The fourth-order valence-electron chi connectivity index (χ4n) is 1.97. The zero-order chi connectivity index (χ0) is 13.8. The van der Waals surface area contributed by atoms with Crippen molar-refractivity contribution in [3.63, 3.8) is 0 Å². The number of nitrogens with one attached hydrogen (secondary N) is 1. The average Bonchev–Trinajstić information content (AvgIpc) is 2.25. The molecule has 1 aromatic rings. The summed E-state index contributed by atoms with van der Waals surface area (Å²) < 4.78 is 13.4. The quantitative estimate of drug-likeness (QED) is 0.872. The summed E-state index contributed by atoms with van der Waals surface area (Å²) >= 11 is 0. The first-order chi connectivity index (χ1) is 8.34. The number of rotatable bonds is 5. The van der Waals surface area contributed by atoms with E-state index >= 15 is 0 Å². The maximum atomic E-state index is 13.4. The lowest BCUT2D eigenvalue weighted by atomic mass is 9.93. The van der Waals surface area contributed by atoms with Gasteiger partial charge in [-0.3, -0.25) is 0 Å². The van der Waals surface area contributed by atoms with E-state index in [0.29, 0.717) is 5.69 Å². The van der Waals surface area contributed by atoms with E-state index in [1.165, 1.54) is 12.1 Å². The number of halogens is 1. The second-order valence-corrected chi connectivity index (χ2v) is 5.56. The van der Waals surface area contributed by atoms with E-state index in [4.69, 9.17) is 5.26 Å². The molecule has 0 unspecified atom stereocenters. The van der Waals surface area contributed by atoms with Crippen LogP contribution in [0.1, 0.15) is 19.4 Å². The highest BCUT2D eigenvalue weighted by Crippen LogP contribution is 2.19. The molecule has 0 aliphatic rings. The van der Waals surface area contributed by atoms with Crippen LogP contribution in [0, 0.1) is 22.6 Å². The van der Waals surface area contributed by atoms with Crippen molar-refractivity contribution in [1.82, 2.24) is 4.90 Å². The van der Waals surface area contributed by atoms with Crippen molar-refractivity contribution in [2.45, 2.75) is 13.8 Å². The van der Waals surface area contributed by atoms with Gasteiger partial charge in [0.2, 0.25) is 0 Å². The Labute approximate surface area is 108 Å². The van der Waals surface area contributed by atoms with Crippen molar-refractivity contribution >= 4 is 5.69 Å². The van der Waals surface area contributed by atoms with Gasteiger partial charge in [-0.1, -0.05) is 13.8 Å². The van der Waals surface area contributed by atoms with E-state index in [-0.39, 0.29) is 11.0 Å². The van der Waals surface area contributed by atoms with E-state index in [2.05, 4.69) is 24.1 Å². The number of nitriles is 1. The van der Waals surface area contributed by atoms with E-state index in [9.17, 15) is 4.39 Å². The molecule has 0 fully saturated rings. The third-order valence-electron chi connectivity index (χ3n) is 2.60. The molecule has 0 spiro atoms. The second-order valence-electron chi connectivity index (χ2n) is 5.56. The number of nitrogens with zero attached hydrogens (tertiary/aromatic N) is 2. The van der Waals surface area contributed by atoms with E-state index < -0.39 is 5.82 Å². The van der Waals surface area contributed by atoms with Crippen LogP contribution in [0.5, 0.6) is 0 Å². The molecule has 0 aliphatic heterocycles. The minimum absolute atomic E-state index is 0.0769. The molecule has 0 amide bonds. The van der Waals surface area contributed by atoms with Crippen LogP contribution in [0.3, 0.4) is 0 Å². The number of anilines is 1. The zero-order valence-electron chi connectivity index (χ0n) is 11.4.